The molecule has 0 unspecified atom stereocenters. The molecule has 0 saturated carbocycles. The fourth-order valence-corrected chi connectivity index (χ4v) is 3.05. The van der Waals surface area contributed by atoms with Crippen LogP contribution in [0, 0.1) is 0 Å². The van der Waals surface area contributed by atoms with Gasteiger partial charge in [-0.15, -0.1) is 0 Å². The number of benzene rings is 1. The highest BCUT2D eigenvalue weighted by atomic mass is 32.2. The van der Waals surface area contributed by atoms with Crippen molar-refractivity contribution < 1.29 is 14.3 Å². The van der Waals surface area contributed by atoms with Crippen LogP contribution in [-0.2, 0) is 4.79 Å². The number of rotatable bonds is 1. The Kier molecular flexibility index (Phi) is 3.17. The minimum Gasteiger partial charge on any atom is -0.483 e. The SMILES string of the molecule is C/C(=C1\SC(=O)NC1=O)c1ccc2c(c1)C=CC(C)(C)O2. The molecule has 1 N–H and O–H groups in total. The summed E-state index contributed by atoms with van der Waals surface area (Å²) in [5.41, 5.74) is 2.37. The highest BCUT2D eigenvalue weighted by molar-refractivity contribution is 8.18. The lowest BCUT2D eigenvalue weighted by Gasteiger charge is -2.28. The van der Waals surface area contributed by atoms with Crippen molar-refractivity contribution in [3.8, 4) is 5.75 Å². The molecule has 1 fully saturated rings. The van der Waals surface area contributed by atoms with E-state index >= 15 is 0 Å². The highest BCUT2D eigenvalue weighted by Crippen LogP contribution is 2.36. The van der Waals surface area contributed by atoms with E-state index in [1.54, 1.807) is 0 Å². The number of ether oxygens (including phenoxy) is 1. The average Bonchev–Trinajstić information content (AvgIpc) is 2.75. The van der Waals surface area contributed by atoms with Crippen molar-refractivity contribution in [3.05, 3.63) is 40.3 Å². The van der Waals surface area contributed by atoms with Crippen LogP contribution in [0.25, 0.3) is 11.6 Å². The van der Waals surface area contributed by atoms with Crippen molar-refractivity contribution >= 4 is 34.6 Å². The summed E-state index contributed by atoms with van der Waals surface area (Å²) in [6, 6.07) is 5.78. The van der Waals surface area contributed by atoms with Crippen LogP contribution in [0.15, 0.2) is 29.2 Å². The summed E-state index contributed by atoms with van der Waals surface area (Å²) < 4.78 is 5.88. The summed E-state index contributed by atoms with van der Waals surface area (Å²) in [4.78, 5) is 23.5. The van der Waals surface area contributed by atoms with E-state index in [2.05, 4.69) is 5.32 Å². The van der Waals surface area contributed by atoms with E-state index in [0.717, 1.165) is 34.2 Å². The second-order valence-corrected chi connectivity index (χ2v) is 6.57. The summed E-state index contributed by atoms with van der Waals surface area (Å²) in [6.07, 6.45) is 4.02. The van der Waals surface area contributed by atoms with E-state index in [9.17, 15) is 9.59 Å². The first-order valence-corrected chi connectivity index (χ1v) is 7.44. The summed E-state index contributed by atoms with van der Waals surface area (Å²) in [5.74, 6) is 0.497. The van der Waals surface area contributed by atoms with E-state index in [-0.39, 0.29) is 16.7 Å². The molecule has 0 spiro atoms. The molecule has 108 valence electrons. The van der Waals surface area contributed by atoms with Crippen LogP contribution in [0.5, 0.6) is 5.75 Å². The zero-order chi connectivity index (χ0) is 15.2. The van der Waals surface area contributed by atoms with Gasteiger partial charge in [-0.3, -0.25) is 14.9 Å². The lowest BCUT2D eigenvalue weighted by atomic mass is 9.98. The van der Waals surface area contributed by atoms with Gasteiger partial charge >= 0.3 is 0 Å². The molecule has 1 saturated heterocycles. The van der Waals surface area contributed by atoms with E-state index in [0.29, 0.717) is 4.91 Å². The zero-order valence-electron chi connectivity index (χ0n) is 12.0. The quantitative estimate of drug-likeness (QED) is 0.805. The molecule has 2 heterocycles. The second-order valence-electron chi connectivity index (χ2n) is 5.59. The van der Waals surface area contributed by atoms with Crippen molar-refractivity contribution in [2.24, 2.45) is 0 Å². The maximum absolute atomic E-state index is 11.7. The van der Waals surface area contributed by atoms with Crippen LogP contribution in [-0.4, -0.2) is 16.7 Å². The lowest BCUT2D eigenvalue weighted by molar-refractivity contribution is -0.115. The van der Waals surface area contributed by atoms with Gasteiger partial charge in [-0.1, -0.05) is 12.1 Å². The van der Waals surface area contributed by atoms with Crippen LogP contribution in [0.3, 0.4) is 0 Å². The molecule has 0 bridgehead atoms. The third-order valence-electron chi connectivity index (χ3n) is 3.44. The number of hydrogen-bond acceptors (Lipinski definition) is 4. The molecular formula is C16H15NO3S. The molecule has 0 aromatic heterocycles. The molecule has 0 aliphatic carbocycles. The van der Waals surface area contributed by atoms with Gasteiger partial charge in [0.25, 0.3) is 11.1 Å². The van der Waals surface area contributed by atoms with E-state index in [4.69, 9.17) is 4.74 Å². The first kappa shape index (κ1) is 13.9. The minimum absolute atomic E-state index is 0.310. The fourth-order valence-electron chi connectivity index (χ4n) is 2.30. The summed E-state index contributed by atoms with van der Waals surface area (Å²) in [6.45, 7) is 5.84. The van der Waals surface area contributed by atoms with Crippen molar-refractivity contribution in [3.63, 3.8) is 0 Å². The smallest absolute Gasteiger partial charge is 0.290 e. The Balaban J connectivity index is 2.01. The minimum atomic E-state index is -0.326. The summed E-state index contributed by atoms with van der Waals surface area (Å²) in [5, 5.41) is 1.96. The Morgan fingerprint density at radius 3 is 2.71 bits per heavy atom. The molecule has 1 aromatic carbocycles. The van der Waals surface area contributed by atoms with Gasteiger partial charge in [0, 0.05) is 5.56 Å². The van der Waals surface area contributed by atoms with Crippen LogP contribution in [0.1, 0.15) is 31.9 Å². The molecule has 2 aliphatic heterocycles. The summed E-state index contributed by atoms with van der Waals surface area (Å²) >= 11 is 0.945. The number of allylic oxidation sites excluding steroid dienone is 1. The maximum Gasteiger partial charge on any atom is 0.290 e. The molecule has 21 heavy (non-hydrogen) atoms. The van der Waals surface area contributed by atoms with Crippen molar-refractivity contribution in [2.75, 3.05) is 0 Å². The van der Waals surface area contributed by atoms with Crippen molar-refractivity contribution in [1.82, 2.24) is 5.32 Å². The van der Waals surface area contributed by atoms with Crippen molar-refractivity contribution in [1.29, 1.82) is 0 Å². The maximum atomic E-state index is 11.7. The third-order valence-corrected chi connectivity index (χ3v) is 4.42. The Labute approximate surface area is 127 Å². The highest BCUT2D eigenvalue weighted by Gasteiger charge is 2.28. The molecule has 2 amide bonds. The van der Waals surface area contributed by atoms with Crippen LogP contribution < -0.4 is 10.1 Å². The van der Waals surface area contributed by atoms with Gasteiger partial charge in [0.15, 0.2) is 0 Å². The Bertz CT molecular complexity index is 716. The number of nitrogens with one attached hydrogen (secondary N) is 1. The molecule has 1 aromatic rings. The van der Waals surface area contributed by atoms with Gasteiger partial charge < -0.3 is 4.74 Å². The molecule has 2 aliphatic rings. The first-order chi connectivity index (χ1) is 9.85. The lowest BCUT2D eigenvalue weighted by Crippen LogP contribution is -2.27. The Morgan fingerprint density at radius 2 is 2.05 bits per heavy atom. The van der Waals surface area contributed by atoms with Crippen molar-refractivity contribution in [2.45, 2.75) is 26.4 Å². The number of imide groups is 1. The fraction of sp³-hybridized carbons (Fsp3) is 0.250. The van der Waals surface area contributed by atoms with Gasteiger partial charge in [0.1, 0.15) is 11.4 Å². The molecule has 3 rings (SSSR count). The largest absolute Gasteiger partial charge is 0.483 e. The normalized spacial score (nSPS) is 21.7. The topological polar surface area (TPSA) is 55.4 Å². The third kappa shape index (κ3) is 2.61. The first-order valence-electron chi connectivity index (χ1n) is 6.62. The number of thioether (sulfide) groups is 1. The molecule has 5 heteroatoms. The number of fused-ring (bicyclic) bond motifs is 1. The number of amides is 2. The average molecular weight is 301 g/mol. The van der Waals surface area contributed by atoms with Gasteiger partial charge in [0.05, 0.1) is 4.91 Å². The van der Waals surface area contributed by atoms with Gasteiger partial charge in [-0.2, -0.15) is 0 Å². The number of carbonyl (C=O) groups excluding carboxylic acids is 2. The Morgan fingerprint density at radius 1 is 1.29 bits per heavy atom. The second kappa shape index (κ2) is 4.77. The molecule has 4 nitrogen and oxygen atoms in total. The standard InChI is InChI=1S/C16H15NO3S/c1-9(13-14(18)17-15(19)21-13)10-4-5-12-11(8-10)6-7-16(2,3)20-12/h4-8H,1-3H3,(H,17,18,19)/b13-9+. The van der Waals surface area contributed by atoms with Gasteiger partial charge in [0.2, 0.25) is 0 Å². The monoisotopic (exact) mass is 301 g/mol. The van der Waals surface area contributed by atoms with Crippen LogP contribution in [0.2, 0.25) is 0 Å². The van der Waals surface area contributed by atoms with Gasteiger partial charge in [-0.05, 0) is 61.9 Å². The predicted octanol–water partition coefficient (Wildman–Crippen LogP) is 3.58. The van der Waals surface area contributed by atoms with E-state index in [1.165, 1.54) is 0 Å². The molecule has 0 atom stereocenters. The number of hydrogen-bond donors (Lipinski definition) is 1. The van der Waals surface area contributed by atoms with Crippen LogP contribution >= 0.6 is 11.8 Å². The zero-order valence-corrected chi connectivity index (χ0v) is 12.8. The van der Waals surface area contributed by atoms with Gasteiger partial charge in [-0.25, -0.2) is 0 Å². The Hall–Kier alpha value is -2.01. The molecular weight excluding hydrogens is 286 g/mol. The van der Waals surface area contributed by atoms with Crippen LogP contribution in [0.4, 0.5) is 4.79 Å². The number of carbonyl (C=O) groups is 2. The molecule has 0 radical (unpaired) electrons. The van der Waals surface area contributed by atoms with E-state index in [1.807, 2.05) is 51.1 Å². The summed E-state index contributed by atoms with van der Waals surface area (Å²) in [7, 11) is 0. The predicted molar refractivity (Wildman–Crippen MR) is 83.9 cm³/mol. The van der Waals surface area contributed by atoms with E-state index < -0.39 is 0 Å².